The Morgan fingerprint density at radius 1 is 1.29 bits per heavy atom. The summed E-state index contributed by atoms with van der Waals surface area (Å²) in [6.45, 7) is 6.02. The lowest BCUT2D eigenvalue weighted by Crippen LogP contribution is -2.85. The van der Waals surface area contributed by atoms with Crippen molar-refractivity contribution in [2.45, 2.75) is 52.1 Å². The molecule has 0 unspecified atom stereocenters. The van der Waals surface area contributed by atoms with Gasteiger partial charge >= 0.3 is 0 Å². The van der Waals surface area contributed by atoms with E-state index in [1.165, 1.54) is 17.0 Å². The SMILES string of the molecule is C[C@@H]1CCc2c(sc3nc([C@H](C)[NH2+][C@@H](C)c4ccc(F)cc4F)[nH]c(=O)c23)C1. The molecule has 0 amide bonds. The number of hydrogen-bond donors (Lipinski definition) is 2. The Morgan fingerprint density at radius 3 is 2.82 bits per heavy atom. The van der Waals surface area contributed by atoms with Crippen LogP contribution in [0.5, 0.6) is 0 Å². The van der Waals surface area contributed by atoms with Crippen LogP contribution in [-0.4, -0.2) is 9.97 Å². The van der Waals surface area contributed by atoms with Gasteiger partial charge < -0.3 is 10.3 Å². The van der Waals surface area contributed by atoms with E-state index in [-0.39, 0.29) is 17.6 Å². The Hall–Kier alpha value is -2.12. The molecule has 0 bridgehead atoms. The monoisotopic (exact) mass is 404 g/mol. The van der Waals surface area contributed by atoms with Gasteiger partial charge in [0.05, 0.1) is 5.39 Å². The Morgan fingerprint density at radius 2 is 2.07 bits per heavy atom. The normalized spacial score (nSPS) is 18.8. The van der Waals surface area contributed by atoms with Crippen molar-refractivity contribution < 1.29 is 14.1 Å². The second-order valence-electron chi connectivity index (χ2n) is 7.92. The molecule has 4 rings (SSSR count). The Bertz CT molecular complexity index is 1090. The number of H-pyrrole nitrogens is 1. The molecule has 3 aromatic rings. The number of halogens is 2. The molecule has 148 valence electrons. The number of fused-ring (bicyclic) bond motifs is 3. The van der Waals surface area contributed by atoms with Gasteiger partial charge in [-0.05, 0) is 56.7 Å². The molecule has 3 atom stereocenters. The molecule has 0 saturated heterocycles. The minimum absolute atomic E-state index is 0.0899. The van der Waals surface area contributed by atoms with Gasteiger partial charge in [-0.2, -0.15) is 0 Å². The van der Waals surface area contributed by atoms with Crippen molar-refractivity contribution in [1.29, 1.82) is 0 Å². The van der Waals surface area contributed by atoms with E-state index in [1.54, 1.807) is 11.3 Å². The van der Waals surface area contributed by atoms with E-state index in [4.69, 9.17) is 4.98 Å². The number of nitrogens with zero attached hydrogens (tertiary/aromatic N) is 1. The van der Waals surface area contributed by atoms with E-state index < -0.39 is 11.6 Å². The molecular weight excluding hydrogens is 380 g/mol. The average Bonchev–Trinajstić information content (AvgIpc) is 2.99. The fourth-order valence-electron chi connectivity index (χ4n) is 4.08. The molecule has 1 aromatic carbocycles. The van der Waals surface area contributed by atoms with Crippen LogP contribution in [0.1, 0.15) is 61.1 Å². The predicted octanol–water partition coefficient (Wildman–Crippen LogP) is 3.77. The number of nitrogens with two attached hydrogens (primary N) is 1. The summed E-state index contributed by atoms with van der Waals surface area (Å²) in [6, 6.07) is 3.21. The highest BCUT2D eigenvalue weighted by Gasteiger charge is 2.25. The number of aryl methyl sites for hydroxylation is 1. The Kier molecular flexibility index (Phi) is 5.05. The van der Waals surface area contributed by atoms with Crippen LogP contribution in [0.3, 0.4) is 0 Å². The van der Waals surface area contributed by atoms with Gasteiger partial charge in [-0.1, -0.05) is 6.92 Å². The van der Waals surface area contributed by atoms with Crippen molar-refractivity contribution in [2.24, 2.45) is 5.92 Å². The number of thiophene rings is 1. The van der Waals surface area contributed by atoms with E-state index in [1.807, 2.05) is 19.2 Å². The summed E-state index contributed by atoms with van der Waals surface area (Å²) in [5.74, 6) is 0.0678. The number of hydrogen-bond acceptors (Lipinski definition) is 3. The molecule has 2 aromatic heterocycles. The van der Waals surface area contributed by atoms with Crippen LogP contribution in [0.25, 0.3) is 10.2 Å². The third kappa shape index (κ3) is 3.49. The molecule has 0 spiro atoms. The van der Waals surface area contributed by atoms with Gasteiger partial charge in [0, 0.05) is 16.5 Å². The van der Waals surface area contributed by atoms with Gasteiger partial charge in [0.15, 0.2) is 5.82 Å². The van der Waals surface area contributed by atoms with E-state index in [0.29, 0.717) is 17.3 Å². The number of benzene rings is 1. The predicted molar refractivity (Wildman–Crippen MR) is 107 cm³/mol. The molecule has 1 aliphatic carbocycles. The first-order valence-electron chi connectivity index (χ1n) is 9.68. The third-order valence-electron chi connectivity index (χ3n) is 5.65. The van der Waals surface area contributed by atoms with E-state index in [2.05, 4.69) is 11.9 Å². The van der Waals surface area contributed by atoms with Gasteiger partial charge in [0.1, 0.15) is 28.5 Å². The maximum atomic E-state index is 14.1. The maximum Gasteiger partial charge on any atom is 0.260 e. The van der Waals surface area contributed by atoms with Gasteiger partial charge in [-0.3, -0.25) is 4.79 Å². The molecular formula is C21H24F2N3OS+. The summed E-state index contributed by atoms with van der Waals surface area (Å²) in [5, 5.41) is 2.66. The summed E-state index contributed by atoms with van der Waals surface area (Å²) in [4.78, 5) is 22.5. The maximum absolute atomic E-state index is 14.1. The number of aromatic nitrogens is 2. The van der Waals surface area contributed by atoms with Crippen LogP contribution in [0.4, 0.5) is 8.78 Å². The third-order valence-corrected chi connectivity index (χ3v) is 6.79. The number of quaternary nitrogens is 1. The minimum atomic E-state index is -0.589. The van der Waals surface area contributed by atoms with Crippen molar-refractivity contribution in [1.82, 2.24) is 9.97 Å². The summed E-state index contributed by atoms with van der Waals surface area (Å²) in [5.41, 5.74) is 1.50. The molecule has 2 heterocycles. The fraction of sp³-hybridized carbons (Fsp3) is 0.429. The summed E-state index contributed by atoms with van der Waals surface area (Å²) in [6.07, 6.45) is 3.04. The molecule has 7 heteroatoms. The van der Waals surface area contributed by atoms with Gasteiger partial charge in [0.25, 0.3) is 5.56 Å². The van der Waals surface area contributed by atoms with Crippen LogP contribution in [0, 0.1) is 17.6 Å². The number of rotatable bonds is 4. The highest BCUT2D eigenvalue weighted by atomic mass is 32.1. The van der Waals surface area contributed by atoms with Crippen molar-refractivity contribution >= 4 is 21.6 Å². The lowest BCUT2D eigenvalue weighted by Gasteiger charge is -2.17. The lowest BCUT2D eigenvalue weighted by atomic mass is 9.89. The second kappa shape index (κ2) is 7.37. The summed E-state index contributed by atoms with van der Waals surface area (Å²) < 4.78 is 27.2. The fourth-order valence-corrected chi connectivity index (χ4v) is 5.47. The highest BCUT2D eigenvalue weighted by Crippen LogP contribution is 2.35. The minimum Gasteiger partial charge on any atom is -0.332 e. The average molecular weight is 405 g/mol. The zero-order valence-electron chi connectivity index (χ0n) is 16.2. The van der Waals surface area contributed by atoms with E-state index in [0.717, 1.165) is 41.1 Å². The van der Waals surface area contributed by atoms with Crippen LogP contribution < -0.4 is 10.9 Å². The van der Waals surface area contributed by atoms with Crippen LogP contribution in [0.2, 0.25) is 0 Å². The Balaban J connectivity index is 1.62. The van der Waals surface area contributed by atoms with Gasteiger partial charge in [-0.15, -0.1) is 11.3 Å². The van der Waals surface area contributed by atoms with Crippen molar-refractivity contribution in [2.75, 3.05) is 0 Å². The van der Waals surface area contributed by atoms with Crippen LogP contribution >= 0.6 is 11.3 Å². The number of aromatic amines is 1. The standard InChI is InChI=1S/C21H23F2N3OS/c1-10-4-6-15-17(8-10)28-21-18(15)20(27)25-19(26-21)12(3)24-11(2)14-7-5-13(22)9-16(14)23/h5,7,9-12,24H,4,6,8H2,1-3H3,(H,25,26,27)/p+1/t10-,11+,12+/m1/s1. The lowest BCUT2D eigenvalue weighted by molar-refractivity contribution is -0.729. The van der Waals surface area contributed by atoms with Gasteiger partial charge in [0.2, 0.25) is 0 Å². The van der Waals surface area contributed by atoms with Crippen LogP contribution in [-0.2, 0) is 12.8 Å². The molecule has 0 fully saturated rings. The van der Waals surface area contributed by atoms with Gasteiger partial charge in [-0.25, -0.2) is 13.8 Å². The molecule has 28 heavy (non-hydrogen) atoms. The molecule has 3 N–H and O–H groups in total. The zero-order chi connectivity index (χ0) is 20.0. The quantitative estimate of drug-likeness (QED) is 0.695. The summed E-state index contributed by atoms with van der Waals surface area (Å²) >= 11 is 1.62. The van der Waals surface area contributed by atoms with Crippen molar-refractivity contribution in [3.05, 3.63) is 62.0 Å². The molecule has 0 radical (unpaired) electrons. The highest BCUT2D eigenvalue weighted by molar-refractivity contribution is 7.18. The molecule has 1 aliphatic rings. The topological polar surface area (TPSA) is 62.4 Å². The largest absolute Gasteiger partial charge is 0.332 e. The van der Waals surface area contributed by atoms with Crippen molar-refractivity contribution in [3.8, 4) is 0 Å². The number of nitrogens with one attached hydrogen (secondary N) is 1. The smallest absolute Gasteiger partial charge is 0.260 e. The van der Waals surface area contributed by atoms with E-state index >= 15 is 0 Å². The van der Waals surface area contributed by atoms with Crippen LogP contribution in [0.15, 0.2) is 23.0 Å². The zero-order valence-corrected chi connectivity index (χ0v) is 17.0. The second-order valence-corrected chi connectivity index (χ2v) is 9.00. The molecule has 4 nitrogen and oxygen atoms in total. The first-order chi connectivity index (χ1) is 13.3. The first kappa shape index (κ1) is 19.2. The van der Waals surface area contributed by atoms with Crippen molar-refractivity contribution in [3.63, 3.8) is 0 Å². The van der Waals surface area contributed by atoms with E-state index in [9.17, 15) is 13.6 Å². The molecule has 0 aliphatic heterocycles. The summed E-state index contributed by atoms with van der Waals surface area (Å²) in [7, 11) is 0. The Labute approximate surface area is 166 Å². The molecule has 0 saturated carbocycles. The first-order valence-corrected chi connectivity index (χ1v) is 10.5.